The zero-order valence-corrected chi connectivity index (χ0v) is 13.5. The van der Waals surface area contributed by atoms with E-state index < -0.39 is 0 Å². The lowest BCUT2D eigenvalue weighted by molar-refractivity contribution is 0.641. The minimum absolute atomic E-state index is 0.207. The number of nitrogens with zero attached hydrogens (tertiary/aromatic N) is 5. The van der Waals surface area contributed by atoms with Crippen molar-refractivity contribution in [2.75, 3.05) is 0 Å². The first-order valence-electron chi connectivity index (χ1n) is 7.88. The maximum atomic E-state index is 9.23. The standard InChI is InChI=1S/C18H19N5/c1-3-4-8-23-12-20-17-15(21-16(11-19)22-18(17)23)10-14-7-5-6-13(2)9-14/h5-7,9,12H,3-4,8,10H2,1-2H3. The van der Waals surface area contributed by atoms with E-state index in [0.717, 1.165) is 41.8 Å². The summed E-state index contributed by atoms with van der Waals surface area (Å²) in [6, 6.07) is 10.4. The van der Waals surface area contributed by atoms with Crippen LogP contribution in [0, 0.1) is 18.3 Å². The Morgan fingerprint density at radius 3 is 2.87 bits per heavy atom. The molecule has 0 saturated carbocycles. The van der Waals surface area contributed by atoms with E-state index in [4.69, 9.17) is 0 Å². The summed E-state index contributed by atoms with van der Waals surface area (Å²) < 4.78 is 2.01. The Bertz CT molecular complexity index is 873. The Balaban J connectivity index is 2.05. The largest absolute Gasteiger partial charge is 0.315 e. The van der Waals surface area contributed by atoms with Gasteiger partial charge in [-0.25, -0.2) is 9.97 Å². The van der Waals surface area contributed by atoms with E-state index in [1.165, 1.54) is 5.56 Å². The van der Waals surface area contributed by atoms with Crippen LogP contribution in [0.2, 0.25) is 0 Å². The molecule has 3 rings (SSSR count). The molecule has 23 heavy (non-hydrogen) atoms. The van der Waals surface area contributed by atoms with Crippen molar-refractivity contribution in [3.05, 3.63) is 53.2 Å². The lowest BCUT2D eigenvalue weighted by Crippen LogP contribution is -2.03. The zero-order chi connectivity index (χ0) is 16.2. The van der Waals surface area contributed by atoms with E-state index in [1.807, 2.05) is 10.6 Å². The number of fused-ring (bicyclic) bond motifs is 1. The van der Waals surface area contributed by atoms with Crippen LogP contribution in [0.15, 0.2) is 30.6 Å². The lowest BCUT2D eigenvalue weighted by atomic mass is 10.1. The fraction of sp³-hybridized carbons (Fsp3) is 0.333. The molecule has 0 aliphatic carbocycles. The minimum Gasteiger partial charge on any atom is -0.315 e. The van der Waals surface area contributed by atoms with Crippen LogP contribution in [0.5, 0.6) is 0 Å². The number of benzene rings is 1. The van der Waals surface area contributed by atoms with E-state index in [0.29, 0.717) is 6.42 Å². The van der Waals surface area contributed by atoms with E-state index >= 15 is 0 Å². The molecule has 0 fully saturated rings. The van der Waals surface area contributed by atoms with Gasteiger partial charge in [0.05, 0.1) is 12.0 Å². The highest BCUT2D eigenvalue weighted by Gasteiger charge is 2.13. The second-order valence-corrected chi connectivity index (χ2v) is 5.74. The summed E-state index contributed by atoms with van der Waals surface area (Å²) in [5, 5.41) is 9.23. The molecule has 5 heteroatoms. The molecular formula is C18H19N5. The van der Waals surface area contributed by atoms with Gasteiger partial charge in [-0.1, -0.05) is 43.2 Å². The summed E-state index contributed by atoms with van der Waals surface area (Å²) in [5.74, 6) is 0.207. The third kappa shape index (κ3) is 3.21. The zero-order valence-electron chi connectivity index (χ0n) is 13.5. The maximum Gasteiger partial charge on any atom is 0.234 e. The molecule has 0 bridgehead atoms. The number of hydrogen-bond donors (Lipinski definition) is 0. The molecule has 0 amide bonds. The number of aryl methyl sites for hydroxylation is 2. The van der Waals surface area contributed by atoms with Gasteiger partial charge in [0.15, 0.2) is 5.65 Å². The highest BCUT2D eigenvalue weighted by molar-refractivity contribution is 5.74. The first-order chi connectivity index (χ1) is 11.2. The van der Waals surface area contributed by atoms with Crippen molar-refractivity contribution >= 4 is 11.2 Å². The van der Waals surface area contributed by atoms with E-state index in [-0.39, 0.29) is 5.82 Å². The average Bonchev–Trinajstić information content (AvgIpc) is 2.96. The Labute approximate surface area is 135 Å². The third-order valence-corrected chi connectivity index (χ3v) is 3.84. The number of hydrogen-bond acceptors (Lipinski definition) is 4. The summed E-state index contributed by atoms with van der Waals surface area (Å²) in [7, 11) is 0. The second kappa shape index (κ2) is 6.57. The van der Waals surface area contributed by atoms with Crippen LogP contribution < -0.4 is 0 Å². The first kappa shape index (κ1) is 15.2. The SMILES string of the molecule is CCCCn1cnc2c(Cc3cccc(C)c3)nc(C#N)nc21. The highest BCUT2D eigenvalue weighted by atomic mass is 15.1. The molecule has 116 valence electrons. The molecule has 5 nitrogen and oxygen atoms in total. The van der Waals surface area contributed by atoms with E-state index in [9.17, 15) is 5.26 Å². The van der Waals surface area contributed by atoms with E-state index in [2.05, 4.69) is 53.1 Å². The third-order valence-electron chi connectivity index (χ3n) is 3.84. The topological polar surface area (TPSA) is 67.4 Å². The number of rotatable bonds is 5. The summed E-state index contributed by atoms with van der Waals surface area (Å²) in [4.78, 5) is 13.2. The molecule has 0 N–H and O–H groups in total. The first-order valence-corrected chi connectivity index (χ1v) is 7.88. The predicted octanol–water partition coefficient (Wildman–Crippen LogP) is 3.40. The van der Waals surface area contributed by atoms with Crippen LogP contribution >= 0.6 is 0 Å². The Kier molecular flexibility index (Phi) is 4.33. The second-order valence-electron chi connectivity index (χ2n) is 5.74. The maximum absolute atomic E-state index is 9.23. The van der Waals surface area contributed by atoms with Crippen molar-refractivity contribution in [3.8, 4) is 6.07 Å². The van der Waals surface area contributed by atoms with Gasteiger partial charge >= 0.3 is 0 Å². The lowest BCUT2D eigenvalue weighted by Gasteiger charge is -2.06. The van der Waals surface area contributed by atoms with Gasteiger partial charge in [0.2, 0.25) is 5.82 Å². The molecule has 0 atom stereocenters. The van der Waals surface area contributed by atoms with Gasteiger partial charge in [-0.2, -0.15) is 10.2 Å². The van der Waals surface area contributed by atoms with Crippen LogP contribution in [0.4, 0.5) is 0 Å². The summed E-state index contributed by atoms with van der Waals surface area (Å²) in [5.41, 5.74) is 4.74. The van der Waals surface area contributed by atoms with Crippen LogP contribution in [0.1, 0.15) is 42.4 Å². The smallest absolute Gasteiger partial charge is 0.234 e. The monoisotopic (exact) mass is 305 g/mol. The van der Waals surface area contributed by atoms with Gasteiger partial charge in [0, 0.05) is 13.0 Å². The summed E-state index contributed by atoms with van der Waals surface area (Å²) >= 11 is 0. The summed E-state index contributed by atoms with van der Waals surface area (Å²) in [6.45, 7) is 5.08. The average molecular weight is 305 g/mol. The van der Waals surface area contributed by atoms with Crippen molar-refractivity contribution in [3.63, 3.8) is 0 Å². The molecular weight excluding hydrogens is 286 g/mol. The Morgan fingerprint density at radius 2 is 2.13 bits per heavy atom. The molecule has 3 aromatic rings. The van der Waals surface area contributed by atoms with Gasteiger partial charge in [-0.3, -0.25) is 0 Å². The number of unbranched alkanes of at least 4 members (excludes halogenated alkanes) is 1. The molecule has 0 aliphatic rings. The van der Waals surface area contributed by atoms with Crippen molar-refractivity contribution in [2.45, 2.75) is 39.7 Å². The fourth-order valence-corrected chi connectivity index (χ4v) is 2.68. The highest BCUT2D eigenvalue weighted by Crippen LogP contribution is 2.19. The molecule has 0 spiro atoms. The fourth-order valence-electron chi connectivity index (χ4n) is 2.68. The summed E-state index contributed by atoms with van der Waals surface area (Å²) in [6.07, 6.45) is 4.62. The molecule has 0 radical (unpaired) electrons. The van der Waals surface area contributed by atoms with Crippen molar-refractivity contribution in [2.24, 2.45) is 0 Å². The molecule has 0 unspecified atom stereocenters. The van der Waals surface area contributed by atoms with Crippen LogP contribution in [0.25, 0.3) is 11.2 Å². The van der Waals surface area contributed by atoms with Crippen LogP contribution in [-0.4, -0.2) is 19.5 Å². The van der Waals surface area contributed by atoms with Crippen molar-refractivity contribution in [1.29, 1.82) is 5.26 Å². The minimum atomic E-state index is 0.207. The Hall–Kier alpha value is -2.74. The molecule has 2 aromatic heterocycles. The van der Waals surface area contributed by atoms with Gasteiger partial charge in [0.25, 0.3) is 0 Å². The van der Waals surface area contributed by atoms with Crippen LogP contribution in [0.3, 0.4) is 0 Å². The van der Waals surface area contributed by atoms with Gasteiger partial charge in [0.1, 0.15) is 11.6 Å². The molecule has 2 heterocycles. The molecule has 0 aliphatic heterocycles. The van der Waals surface area contributed by atoms with Gasteiger partial charge < -0.3 is 4.57 Å². The van der Waals surface area contributed by atoms with E-state index in [1.54, 1.807) is 6.33 Å². The Morgan fingerprint density at radius 1 is 1.26 bits per heavy atom. The normalized spacial score (nSPS) is 10.8. The number of nitriles is 1. The number of aromatic nitrogens is 4. The van der Waals surface area contributed by atoms with Crippen LogP contribution in [-0.2, 0) is 13.0 Å². The van der Waals surface area contributed by atoms with Gasteiger partial charge in [-0.05, 0) is 18.9 Å². The quantitative estimate of drug-likeness (QED) is 0.724. The van der Waals surface area contributed by atoms with Gasteiger partial charge in [-0.15, -0.1) is 0 Å². The van der Waals surface area contributed by atoms with Crippen molar-refractivity contribution in [1.82, 2.24) is 19.5 Å². The van der Waals surface area contributed by atoms with Crippen molar-refractivity contribution < 1.29 is 0 Å². The predicted molar refractivity (Wildman–Crippen MR) is 88.9 cm³/mol. The molecule has 0 saturated heterocycles. The molecule has 1 aromatic carbocycles. The number of imidazole rings is 1.